The van der Waals surface area contributed by atoms with Crippen molar-refractivity contribution >= 4 is 18.3 Å². The molecule has 3 N–H and O–H groups in total. The molecule has 100 valence electrons. The van der Waals surface area contributed by atoms with Crippen molar-refractivity contribution in [3.8, 4) is 0 Å². The highest BCUT2D eigenvalue weighted by atomic mass is 35.5. The summed E-state index contributed by atoms with van der Waals surface area (Å²) in [7, 11) is 0. The van der Waals surface area contributed by atoms with Crippen molar-refractivity contribution in [3.63, 3.8) is 0 Å². The van der Waals surface area contributed by atoms with E-state index in [-0.39, 0.29) is 30.4 Å². The van der Waals surface area contributed by atoms with E-state index in [9.17, 15) is 4.79 Å². The van der Waals surface area contributed by atoms with Crippen molar-refractivity contribution in [2.24, 2.45) is 5.73 Å². The molecule has 2 rings (SSSR count). The van der Waals surface area contributed by atoms with Crippen molar-refractivity contribution in [3.05, 3.63) is 35.4 Å². The van der Waals surface area contributed by atoms with Gasteiger partial charge in [0.05, 0.1) is 12.1 Å². The van der Waals surface area contributed by atoms with Gasteiger partial charge in [0, 0.05) is 0 Å². The first-order chi connectivity index (χ1) is 8.22. The summed E-state index contributed by atoms with van der Waals surface area (Å²) in [4.78, 5) is 11.9. The molecular weight excluding hydrogens is 248 g/mol. The van der Waals surface area contributed by atoms with Gasteiger partial charge in [0.2, 0.25) is 5.91 Å². The summed E-state index contributed by atoms with van der Waals surface area (Å²) in [6, 6.07) is 8.09. The number of nitrogens with two attached hydrogens (primary N) is 1. The fourth-order valence-corrected chi connectivity index (χ4v) is 2.43. The number of carbonyl (C=O) groups excluding carboxylic acids is 1. The summed E-state index contributed by atoms with van der Waals surface area (Å²) in [6.07, 6.45) is 3.73. The summed E-state index contributed by atoms with van der Waals surface area (Å²) < 4.78 is 0. The second kappa shape index (κ2) is 6.76. The maximum atomic E-state index is 11.9. The van der Waals surface area contributed by atoms with E-state index in [1.165, 1.54) is 11.1 Å². The third-order valence-corrected chi connectivity index (χ3v) is 3.39. The van der Waals surface area contributed by atoms with Gasteiger partial charge in [-0.3, -0.25) is 4.79 Å². The lowest BCUT2D eigenvalue weighted by Crippen LogP contribution is -2.41. The SMILES string of the molecule is CCCC(N)C(=O)NC1CCc2ccccc21.Cl. The molecule has 2 atom stereocenters. The molecule has 1 aliphatic carbocycles. The first kappa shape index (κ1) is 15.0. The lowest BCUT2D eigenvalue weighted by atomic mass is 10.1. The number of nitrogens with one attached hydrogen (secondary N) is 1. The van der Waals surface area contributed by atoms with Gasteiger partial charge in [-0.05, 0) is 30.4 Å². The van der Waals surface area contributed by atoms with Crippen LogP contribution >= 0.6 is 12.4 Å². The van der Waals surface area contributed by atoms with Gasteiger partial charge in [0.1, 0.15) is 0 Å². The highest BCUT2D eigenvalue weighted by molar-refractivity contribution is 5.85. The monoisotopic (exact) mass is 268 g/mol. The molecule has 0 bridgehead atoms. The van der Waals surface area contributed by atoms with Crippen molar-refractivity contribution in [1.82, 2.24) is 5.32 Å². The minimum atomic E-state index is -0.368. The molecule has 1 amide bonds. The van der Waals surface area contributed by atoms with Crippen LogP contribution in [0.3, 0.4) is 0 Å². The second-order valence-electron chi connectivity index (χ2n) is 4.69. The molecule has 0 spiro atoms. The van der Waals surface area contributed by atoms with Gasteiger partial charge in [-0.15, -0.1) is 12.4 Å². The van der Waals surface area contributed by atoms with Crippen LogP contribution in [0.1, 0.15) is 43.4 Å². The van der Waals surface area contributed by atoms with Crippen LogP contribution in [0, 0.1) is 0 Å². The van der Waals surface area contributed by atoms with E-state index in [4.69, 9.17) is 5.73 Å². The Balaban J connectivity index is 0.00000162. The average Bonchev–Trinajstić information content (AvgIpc) is 2.73. The number of carbonyl (C=O) groups is 1. The van der Waals surface area contributed by atoms with Gasteiger partial charge in [0.25, 0.3) is 0 Å². The van der Waals surface area contributed by atoms with Gasteiger partial charge in [-0.2, -0.15) is 0 Å². The molecule has 0 radical (unpaired) electrons. The van der Waals surface area contributed by atoms with E-state index in [1.54, 1.807) is 0 Å². The van der Waals surface area contributed by atoms with Gasteiger partial charge in [-0.1, -0.05) is 37.6 Å². The smallest absolute Gasteiger partial charge is 0.237 e. The van der Waals surface area contributed by atoms with Gasteiger partial charge in [-0.25, -0.2) is 0 Å². The van der Waals surface area contributed by atoms with Crippen LogP contribution < -0.4 is 11.1 Å². The number of fused-ring (bicyclic) bond motifs is 1. The number of amides is 1. The van der Waals surface area contributed by atoms with Crippen LogP contribution in [0.5, 0.6) is 0 Å². The average molecular weight is 269 g/mol. The standard InChI is InChI=1S/C14H20N2O.ClH/c1-2-5-12(15)14(17)16-13-9-8-10-6-3-4-7-11(10)13;/h3-4,6-7,12-13H,2,5,8-9,15H2,1H3,(H,16,17);1H. The number of hydrogen-bond donors (Lipinski definition) is 2. The fourth-order valence-electron chi connectivity index (χ4n) is 2.43. The summed E-state index contributed by atoms with van der Waals surface area (Å²) in [6.45, 7) is 2.04. The third-order valence-electron chi connectivity index (χ3n) is 3.39. The molecule has 1 aliphatic rings. The molecule has 0 aliphatic heterocycles. The van der Waals surface area contributed by atoms with Crippen LogP contribution in [-0.2, 0) is 11.2 Å². The Bertz CT molecular complexity index is 409. The second-order valence-corrected chi connectivity index (χ2v) is 4.69. The summed E-state index contributed by atoms with van der Waals surface area (Å²) in [5, 5.41) is 3.06. The molecule has 2 unspecified atom stereocenters. The van der Waals surface area contributed by atoms with Crippen LogP contribution in [-0.4, -0.2) is 11.9 Å². The molecule has 0 saturated carbocycles. The van der Waals surface area contributed by atoms with Gasteiger partial charge in [0.15, 0.2) is 0 Å². The molecule has 1 aromatic rings. The highest BCUT2D eigenvalue weighted by Crippen LogP contribution is 2.30. The normalized spacial score (nSPS) is 18.7. The highest BCUT2D eigenvalue weighted by Gasteiger charge is 2.24. The van der Waals surface area contributed by atoms with E-state index >= 15 is 0 Å². The van der Waals surface area contributed by atoms with Crippen molar-refractivity contribution in [1.29, 1.82) is 0 Å². The quantitative estimate of drug-likeness (QED) is 0.881. The number of rotatable bonds is 4. The lowest BCUT2D eigenvalue weighted by Gasteiger charge is -2.17. The number of halogens is 1. The molecule has 0 saturated heterocycles. The maximum absolute atomic E-state index is 11.9. The zero-order valence-corrected chi connectivity index (χ0v) is 11.5. The predicted molar refractivity (Wildman–Crippen MR) is 75.8 cm³/mol. The number of benzene rings is 1. The van der Waals surface area contributed by atoms with Crippen LogP contribution in [0.15, 0.2) is 24.3 Å². The Morgan fingerprint density at radius 3 is 2.94 bits per heavy atom. The maximum Gasteiger partial charge on any atom is 0.237 e. The molecular formula is C14H21ClN2O. The summed E-state index contributed by atoms with van der Waals surface area (Å²) >= 11 is 0. The Labute approximate surface area is 115 Å². The first-order valence-electron chi connectivity index (χ1n) is 6.36. The van der Waals surface area contributed by atoms with Gasteiger partial charge < -0.3 is 11.1 Å². The number of hydrogen-bond acceptors (Lipinski definition) is 2. The van der Waals surface area contributed by atoms with Crippen LogP contribution in [0.2, 0.25) is 0 Å². The fraction of sp³-hybridized carbons (Fsp3) is 0.500. The van der Waals surface area contributed by atoms with E-state index in [0.717, 1.165) is 25.7 Å². The van der Waals surface area contributed by atoms with E-state index in [0.29, 0.717) is 0 Å². The van der Waals surface area contributed by atoms with E-state index in [2.05, 4.69) is 17.4 Å². The predicted octanol–water partition coefficient (Wildman–Crippen LogP) is 2.34. The molecule has 1 aromatic carbocycles. The van der Waals surface area contributed by atoms with Crippen molar-refractivity contribution in [2.45, 2.75) is 44.7 Å². The zero-order valence-electron chi connectivity index (χ0n) is 10.7. The first-order valence-corrected chi connectivity index (χ1v) is 6.36. The van der Waals surface area contributed by atoms with Crippen LogP contribution in [0.4, 0.5) is 0 Å². The topological polar surface area (TPSA) is 55.1 Å². The van der Waals surface area contributed by atoms with Crippen molar-refractivity contribution in [2.75, 3.05) is 0 Å². The van der Waals surface area contributed by atoms with Crippen LogP contribution in [0.25, 0.3) is 0 Å². The molecule has 0 fully saturated rings. The Morgan fingerprint density at radius 2 is 2.22 bits per heavy atom. The largest absolute Gasteiger partial charge is 0.348 e. The van der Waals surface area contributed by atoms with E-state index < -0.39 is 0 Å². The Morgan fingerprint density at radius 1 is 1.50 bits per heavy atom. The Kier molecular flexibility index (Phi) is 5.63. The molecule has 0 aromatic heterocycles. The molecule has 4 heteroatoms. The lowest BCUT2D eigenvalue weighted by molar-refractivity contribution is -0.123. The Hall–Kier alpha value is -1.06. The van der Waals surface area contributed by atoms with E-state index in [1.807, 2.05) is 19.1 Å². The molecule has 0 heterocycles. The summed E-state index contributed by atoms with van der Waals surface area (Å²) in [5.74, 6) is -0.0199. The van der Waals surface area contributed by atoms with Gasteiger partial charge >= 0.3 is 0 Å². The third kappa shape index (κ3) is 3.24. The zero-order chi connectivity index (χ0) is 12.3. The minimum absolute atomic E-state index is 0. The molecule has 18 heavy (non-hydrogen) atoms. The minimum Gasteiger partial charge on any atom is -0.348 e. The molecule has 3 nitrogen and oxygen atoms in total. The van der Waals surface area contributed by atoms with Crippen molar-refractivity contribution < 1.29 is 4.79 Å². The summed E-state index contributed by atoms with van der Waals surface area (Å²) in [5.41, 5.74) is 8.42. The number of aryl methyl sites for hydroxylation is 1.